The minimum Gasteiger partial charge on any atom is -0.478 e. The third-order valence-electron chi connectivity index (χ3n) is 2.25. The lowest BCUT2D eigenvalue weighted by Crippen LogP contribution is -2.17. The number of carboxylic acid groups (broad SMARTS) is 1. The van der Waals surface area contributed by atoms with Gasteiger partial charge in [-0.2, -0.15) is 0 Å². The predicted octanol–water partition coefficient (Wildman–Crippen LogP) is 1.84. The second-order valence-corrected chi connectivity index (χ2v) is 4.42. The molecule has 0 radical (unpaired) electrons. The van der Waals surface area contributed by atoms with Crippen molar-refractivity contribution in [2.24, 2.45) is 4.99 Å². The van der Waals surface area contributed by atoms with E-state index in [1.54, 1.807) is 6.92 Å². The molecule has 1 aliphatic heterocycles. The summed E-state index contributed by atoms with van der Waals surface area (Å²) < 4.78 is 10.7. The maximum absolute atomic E-state index is 11.0. The molecule has 5 nitrogen and oxygen atoms in total. The first-order valence-electron chi connectivity index (χ1n) is 4.96. The lowest BCUT2D eigenvalue weighted by Gasteiger charge is -2.07. The summed E-state index contributed by atoms with van der Waals surface area (Å²) in [6.45, 7) is 5.95. The van der Waals surface area contributed by atoms with Crippen LogP contribution in [0.25, 0.3) is 0 Å². The van der Waals surface area contributed by atoms with E-state index in [4.69, 9.17) is 14.3 Å². The summed E-state index contributed by atoms with van der Waals surface area (Å²) >= 11 is 0. The van der Waals surface area contributed by atoms with Gasteiger partial charge in [0.25, 0.3) is 5.90 Å². The van der Waals surface area contributed by atoms with E-state index < -0.39 is 5.97 Å². The van der Waals surface area contributed by atoms with E-state index in [9.17, 15) is 4.79 Å². The molecule has 0 spiro atoms. The maximum Gasteiger partial charge on any atom is 0.339 e. The first-order valence-corrected chi connectivity index (χ1v) is 4.96. The van der Waals surface area contributed by atoms with E-state index >= 15 is 0 Å². The fourth-order valence-corrected chi connectivity index (χ4v) is 1.53. The van der Waals surface area contributed by atoms with Gasteiger partial charge in [0.15, 0.2) is 0 Å². The number of rotatable bonds is 2. The van der Waals surface area contributed by atoms with Crippen LogP contribution in [0.5, 0.6) is 0 Å². The van der Waals surface area contributed by atoms with Gasteiger partial charge in [0, 0.05) is 0 Å². The number of furan rings is 1. The van der Waals surface area contributed by atoms with E-state index in [0.29, 0.717) is 12.4 Å². The van der Waals surface area contributed by atoms with Gasteiger partial charge in [-0.15, -0.1) is 0 Å². The van der Waals surface area contributed by atoms with Gasteiger partial charge >= 0.3 is 5.97 Å². The molecule has 2 rings (SSSR count). The van der Waals surface area contributed by atoms with Crippen molar-refractivity contribution in [1.29, 1.82) is 0 Å². The molecule has 0 atom stereocenters. The number of ether oxygens (including phenoxy) is 1. The van der Waals surface area contributed by atoms with Crippen LogP contribution in [0.2, 0.25) is 0 Å². The molecule has 0 saturated carbocycles. The highest BCUT2D eigenvalue weighted by Crippen LogP contribution is 2.24. The van der Waals surface area contributed by atoms with Crippen LogP contribution in [-0.4, -0.2) is 29.1 Å². The van der Waals surface area contributed by atoms with E-state index in [-0.39, 0.29) is 22.8 Å². The molecular formula is C11H13NO4. The Bertz CT molecular complexity index is 470. The van der Waals surface area contributed by atoms with Crippen molar-refractivity contribution in [2.45, 2.75) is 26.3 Å². The number of aromatic carboxylic acids is 1. The third-order valence-corrected chi connectivity index (χ3v) is 2.25. The molecule has 1 aromatic rings. The Labute approximate surface area is 92.7 Å². The molecule has 0 saturated heterocycles. The molecule has 0 fully saturated rings. The number of aryl methyl sites for hydroxylation is 1. The Morgan fingerprint density at radius 2 is 2.25 bits per heavy atom. The number of carbonyl (C=O) groups is 1. The van der Waals surface area contributed by atoms with Crippen LogP contribution in [0.15, 0.2) is 15.5 Å². The Hall–Kier alpha value is -1.78. The van der Waals surface area contributed by atoms with Crippen molar-refractivity contribution >= 4 is 11.9 Å². The Morgan fingerprint density at radius 3 is 2.75 bits per heavy atom. The zero-order valence-electron chi connectivity index (χ0n) is 9.40. The molecule has 0 aliphatic carbocycles. The van der Waals surface area contributed by atoms with E-state index in [2.05, 4.69) is 4.99 Å². The van der Waals surface area contributed by atoms with Gasteiger partial charge in [0.2, 0.25) is 5.76 Å². The Morgan fingerprint density at radius 1 is 1.56 bits per heavy atom. The summed E-state index contributed by atoms with van der Waals surface area (Å²) in [6, 6.07) is 1.47. The zero-order valence-corrected chi connectivity index (χ0v) is 9.40. The number of hydrogen-bond acceptors (Lipinski definition) is 4. The van der Waals surface area contributed by atoms with Gasteiger partial charge in [-0.3, -0.25) is 0 Å². The molecule has 0 unspecified atom stereocenters. The van der Waals surface area contributed by atoms with Crippen LogP contribution in [0.3, 0.4) is 0 Å². The maximum atomic E-state index is 11.0. The Balaban J connectivity index is 2.45. The van der Waals surface area contributed by atoms with Gasteiger partial charge in [-0.05, 0) is 26.8 Å². The molecule has 1 N–H and O–H groups in total. The zero-order chi connectivity index (χ0) is 11.9. The summed E-state index contributed by atoms with van der Waals surface area (Å²) in [5, 5.41) is 9.00. The molecule has 0 aromatic carbocycles. The highest BCUT2D eigenvalue weighted by Gasteiger charge is 2.31. The quantitative estimate of drug-likeness (QED) is 0.830. The average molecular weight is 223 g/mol. The van der Waals surface area contributed by atoms with Gasteiger partial charge < -0.3 is 14.3 Å². The number of aliphatic imine (C=N–C) groups is 1. The summed E-state index contributed by atoms with van der Waals surface area (Å²) in [7, 11) is 0. The Kier molecular flexibility index (Phi) is 2.26. The van der Waals surface area contributed by atoms with Crippen molar-refractivity contribution < 1.29 is 19.1 Å². The molecular weight excluding hydrogens is 210 g/mol. The fraction of sp³-hybridized carbons (Fsp3) is 0.455. The molecule has 1 aliphatic rings. The van der Waals surface area contributed by atoms with Gasteiger partial charge in [-0.25, -0.2) is 9.79 Å². The molecule has 16 heavy (non-hydrogen) atoms. The molecule has 2 heterocycles. The van der Waals surface area contributed by atoms with Crippen molar-refractivity contribution in [3.8, 4) is 0 Å². The normalized spacial score (nSPS) is 18.1. The van der Waals surface area contributed by atoms with E-state index in [1.807, 2.05) is 13.8 Å². The standard InChI is InChI=1S/C11H13NO4/c1-6-4-7(10(13)14)8(16-6)9-12-11(2,3)5-15-9/h4H,5H2,1-3H3,(H,13,14). The number of carboxylic acids is 1. The molecule has 0 bridgehead atoms. The minimum absolute atomic E-state index is 0.0916. The van der Waals surface area contributed by atoms with Crippen molar-refractivity contribution in [1.82, 2.24) is 0 Å². The van der Waals surface area contributed by atoms with Gasteiger partial charge in [0.1, 0.15) is 17.9 Å². The number of nitrogens with zero attached hydrogens (tertiary/aromatic N) is 1. The van der Waals surface area contributed by atoms with Crippen LogP contribution < -0.4 is 0 Å². The largest absolute Gasteiger partial charge is 0.478 e. The lowest BCUT2D eigenvalue weighted by molar-refractivity contribution is 0.0695. The van der Waals surface area contributed by atoms with Crippen LogP contribution in [-0.2, 0) is 4.74 Å². The first-order chi connectivity index (χ1) is 7.39. The van der Waals surface area contributed by atoms with Gasteiger partial charge in [0.05, 0.1) is 5.54 Å². The molecule has 0 amide bonds. The summed E-state index contributed by atoms with van der Waals surface area (Å²) in [6.07, 6.45) is 0. The second-order valence-electron chi connectivity index (χ2n) is 4.42. The first kappa shape index (κ1) is 10.7. The minimum atomic E-state index is -1.04. The topological polar surface area (TPSA) is 72.0 Å². The fourth-order valence-electron chi connectivity index (χ4n) is 1.53. The van der Waals surface area contributed by atoms with Crippen LogP contribution in [0.1, 0.15) is 35.7 Å². The van der Waals surface area contributed by atoms with Crippen molar-refractivity contribution in [3.63, 3.8) is 0 Å². The second kappa shape index (κ2) is 3.37. The molecule has 5 heteroatoms. The van der Waals surface area contributed by atoms with Crippen molar-refractivity contribution in [2.75, 3.05) is 6.61 Å². The molecule has 86 valence electrons. The lowest BCUT2D eigenvalue weighted by atomic mass is 10.1. The van der Waals surface area contributed by atoms with Crippen LogP contribution in [0.4, 0.5) is 0 Å². The number of hydrogen-bond donors (Lipinski definition) is 1. The monoisotopic (exact) mass is 223 g/mol. The third kappa shape index (κ3) is 1.80. The van der Waals surface area contributed by atoms with Crippen molar-refractivity contribution in [3.05, 3.63) is 23.2 Å². The predicted molar refractivity (Wildman–Crippen MR) is 57.0 cm³/mol. The summed E-state index contributed by atoms with van der Waals surface area (Å²) in [5.74, 6) is -0.0302. The summed E-state index contributed by atoms with van der Waals surface area (Å²) in [4.78, 5) is 15.3. The molecule has 1 aromatic heterocycles. The van der Waals surface area contributed by atoms with E-state index in [0.717, 1.165) is 0 Å². The highest BCUT2D eigenvalue weighted by atomic mass is 16.5. The smallest absolute Gasteiger partial charge is 0.339 e. The highest BCUT2D eigenvalue weighted by molar-refractivity contribution is 6.03. The van der Waals surface area contributed by atoms with E-state index in [1.165, 1.54) is 6.07 Å². The van der Waals surface area contributed by atoms with Crippen LogP contribution >= 0.6 is 0 Å². The average Bonchev–Trinajstić information content (AvgIpc) is 2.68. The summed E-state index contributed by atoms with van der Waals surface area (Å²) in [5.41, 5.74) is -0.236. The van der Waals surface area contributed by atoms with Crippen LogP contribution in [0, 0.1) is 6.92 Å². The van der Waals surface area contributed by atoms with Gasteiger partial charge in [-0.1, -0.05) is 0 Å². The SMILES string of the molecule is Cc1cc(C(=O)O)c(C2=NC(C)(C)CO2)o1.